The van der Waals surface area contributed by atoms with Gasteiger partial charge in [-0.1, -0.05) is 53.6 Å². The number of fused-ring (bicyclic) bond motifs is 1. The number of rotatable bonds is 2. The SMILES string of the molecule is Cc1ccc(C2C3=C(CC(c4ccc(Cl)cc4)CC3=O)Nc3ncnn32)cc1. The molecule has 5 rings (SSSR count). The molecule has 3 aromatic rings. The minimum atomic E-state index is -0.243. The van der Waals surface area contributed by atoms with Crippen molar-refractivity contribution >= 4 is 23.3 Å². The molecule has 0 radical (unpaired) electrons. The molecular formula is C22H19ClN4O. The summed E-state index contributed by atoms with van der Waals surface area (Å²) in [5, 5.41) is 8.45. The van der Waals surface area contributed by atoms with Crippen LogP contribution in [0.15, 0.2) is 66.1 Å². The zero-order valence-electron chi connectivity index (χ0n) is 15.4. The van der Waals surface area contributed by atoms with Gasteiger partial charge in [0.25, 0.3) is 0 Å². The second kappa shape index (κ2) is 6.60. The molecule has 0 bridgehead atoms. The van der Waals surface area contributed by atoms with Crippen molar-refractivity contribution in [3.63, 3.8) is 0 Å². The predicted molar refractivity (Wildman–Crippen MR) is 108 cm³/mol. The quantitative estimate of drug-likeness (QED) is 0.691. The van der Waals surface area contributed by atoms with E-state index in [1.54, 1.807) is 0 Å². The Hall–Kier alpha value is -2.92. The highest BCUT2D eigenvalue weighted by Crippen LogP contribution is 2.43. The van der Waals surface area contributed by atoms with E-state index < -0.39 is 0 Å². The molecule has 0 amide bonds. The Morgan fingerprint density at radius 3 is 2.50 bits per heavy atom. The summed E-state index contributed by atoms with van der Waals surface area (Å²) < 4.78 is 1.81. The molecule has 2 heterocycles. The largest absolute Gasteiger partial charge is 0.328 e. The van der Waals surface area contributed by atoms with Crippen molar-refractivity contribution in [3.05, 3.63) is 87.8 Å². The molecule has 0 fully saturated rings. The lowest BCUT2D eigenvalue weighted by atomic mass is 9.78. The van der Waals surface area contributed by atoms with Gasteiger partial charge in [-0.2, -0.15) is 10.1 Å². The molecule has 0 saturated heterocycles. The lowest BCUT2D eigenvalue weighted by Crippen LogP contribution is -2.33. The minimum Gasteiger partial charge on any atom is -0.328 e. The third-order valence-corrected chi connectivity index (χ3v) is 5.85. The average molecular weight is 391 g/mol. The summed E-state index contributed by atoms with van der Waals surface area (Å²) in [4.78, 5) is 17.6. The van der Waals surface area contributed by atoms with Crippen molar-refractivity contribution in [2.75, 3.05) is 5.32 Å². The van der Waals surface area contributed by atoms with Gasteiger partial charge in [-0.05, 0) is 42.5 Å². The molecule has 2 unspecified atom stereocenters. The fourth-order valence-electron chi connectivity index (χ4n) is 4.18. The second-order valence-electron chi connectivity index (χ2n) is 7.44. The van der Waals surface area contributed by atoms with Gasteiger partial charge in [-0.15, -0.1) is 0 Å². The van der Waals surface area contributed by atoms with Crippen molar-refractivity contribution in [3.8, 4) is 0 Å². The van der Waals surface area contributed by atoms with Gasteiger partial charge >= 0.3 is 0 Å². The Morgan fingerprint density at radius 2 is 1.75 bits per heavy atom. The molecule has 0 spiro atoms. The summed E-state index contributed by atoms with van der Waals surface area (Å²) in [6.45, 7) is 2.06. The zero-order valence-corrected chi connectivity index (χ0v) is 16.1. The monoisotopic (exact) mass is 390 g/mol. The number of nitrogens with one attached hydrogen (secondary N) is 1. The van der Waals surface area contributed by atoms with Crippen molar-refractivity contribution in [1.82, 2.24) is 14.8 Å². The number of nitrogens with zero attached hydrogens (tertiary/aromatic N) is 3. The number of carbonyl (C=O) groups is 1. The number of carbonyl (C=O) groups excluding carboxylic acids is 1. The third kappa shape index (κ3) is 2.83. The summed E-state index contributed by atoms with van der Waals surface area (Å²) in [6.07, 6.45) is 2.77. The van der Waals surface area contributed by atoms with E-state index in [1.165, 1.54) is 11.9 Å². The molecule has 5 nitrogen and oxygen atoms in total. The number of halogens is 1. The smallest absolute Gasteiger partial charge is 0.226 e. The Labute approximate surface area is 168 Å². The van der Waals surface area contributed by atoms with E-state index in [9.17, 15) is 4.79 Å². The summed E-state index contributed by atoms with van der Waals surface area (Å²) in [6, 6.07) is 15.8. The van der Waals surface area contributed by atoms with Crippen LogP contribution in [-0.2, 0) is 4.79 Å². The number of hydrogen-bond donors (Lipinski definition) is 1. The number of anilines is 1. The fourth-order valence-corrected chi connectivity index (χ4v) is 4.31. The molecule has 28 heavy (non-hydrogen) atoms. The van der Waals surface area contributed by atoms with Crippen LogP contribution >= 0.6 is 11.6 Å². The molecule has 2 aliphatic rings. The molecule has 1 aliphatic heterocycles. The lowest BCUT2D eigenvalue weighted by Gasteiger charge is -2.35. The van der Waals surface area contributed by atoms with Gasteiger partial charge in [0.1, 0.15) is 12.4 Å². The molecular weight excluding hydrogens is 372 g/mol. The Kier molecular flexibility index (Phi) is 4.05. The van der Waals surface area contributed by atoms with E-state index in [0.717, 1.165) is 28.8 Å². The average Bonchev–Trinajstić information content (AvgIpc) is 3.16. The van der Waals surface area contributed by atoms with Crippen molar-refractivity contribution in [2.45, 2.75) is 31.7 Å². The fraction of sp³-hybridized carbons (Fsp3) is 0.227. The van der Waals surface area contributed by atoms with Crippen LogP contribution in [0.5, 0.6) is 0 Å². The van der Waals surface area contributed by atoms with Gasteiger partial charge in [-0.25, -0.2) is 4.68 Å². The third-order valence-electron chi connectivity index (χ3n) is 5.60. The maximum Gasteiger partial charge on any atom is 0.226 e. The normalized spacial score (nSPS) is 21.1. The van der Waals surface area contributed by atoms with Crippen molar-refractivity contribution in [1.29, 1.82) is 0 Å². The number of benzene rings is 2. The van der Waals surface area contributed by atoms with E-state index in [0.29, 0.717) is 17.4 Å². The molecule has 1 N–H and O–H groups in total. The van der Waals surface area contributed by atoms with E-state index in [2.05, 4.69) is 46.6 Å². The first kappa shape index (κ1) is 17.2. The Bertz CT molecular complexity index is 1080. The Balaban J connectivity index is 1.58. The van der Waals surface area contributed by atoms with Gasteiger partial charge in [0, 0.05) is 22.7 Å². The maximum absolute atomic E-state index is 13.3. The maximum atomic E-state index is 13.3. The highest BCUT2D eigenvalue weighted by atomic mass is 35.5. The zero-order chi connectivity index (χ0) is 19.3. The molecule has 140 valence electrons. The number of aromatic nitrogens is 3. The summed E-state index contributed by atoms with van der Waals surface area (Å²) >= 11 is 6.03. The van der Waals surface area contributed by atoms with E-state index in [4.69, 9.17) is 11.6 Å². The van der Waals surface area contributed by atoms with Crippen LogP contribution in [-0.4, -0.2) is 20.5 Å². The molecule has 0 saturated carbocycles. The van der Waals surface area contributed by atoms with Crippen LogP contribution in [0.3, 0.4) is 0 Å². The van der Waals surface area contributed by atoms with Crippen molar-refractivity contribution in [2.24, 2.45) is 0 Å². The van der Waals surface area contributed by atoms with E-state index in [-0.39, 0.29) is 17.7 Å². The summed E-state index contributed by atoms with van der Waals surface area (Å²) in [7, 11) is 0. The highest BCUT2D eigenvalue weighted by Gasteiger charge is 2.39. The summed E-state index contributed by atoms with van der Waals surface area (Å²) in [5.74, 6) is 0.957. The standard InChI is InChI=1S/C22H19ClN4O/c1-13-2-4-15(5-3-13)21-20-18(26-22-24-12-25-27(21)22)10-16(11-19(20)28)14-6-8-17(23)9-7-14/h2-9,12,16,21H,10-11H2,1H3,(H,24,25,26). The number of Topliss-reactive ketones (excluding diaryl/α,β-unsaturated/α-hetero) is 1. The van der Waals surface area contributed by atoms with Gasteiger partial charge in [0.2, 0.25) is 5.95 Å². The first-order chi connectivity index (χ1) is 13.6. The van der Waals surface area contributed by atoms with Gasteiger partial charge < -0.3 is 5.32 Å². The van der Waals surface area contributed by atoms with Crippen molar-refractivity contribution < 1.29 is 4.79 Å². The lowest BCUT2D eigenvalue weighted by molar-refractivity contribution is -0.116. The second-order valence-corrected chi connectivity index (χ2v) is 7.87. The molecule has 6 heteroatoms. The molecule has 2 aromatic carbocycles. The predicted octanol–water partition coefficient (Wildman–Crippen LogP) is 4.66. The first-order valence-electron chi connectivity index (χ1n) is 9.35. The van der Waals surface area contributed by atoms with Crippen LogP contribution in [0.2, 0.25) is 5.02 Å². The van der Waals surface area contributed by atoms with Crippen LogP contribution in [0.4, 0.5) is 5.95 Å². The van der Waals surface area contributed by atoms with Crippen LogP contribution in [0.1, 0.15) is 41.5 Å². The topological polar surface area (TPSA) is 59.8 Å². The molecule has 2 atom stereocenters. The van der Waals surface area contributed by atoms with Crippen LogP contribution in [0.25, 0.3) is 0 Å². The highest BCUT2D eigenvalue weighted by molar-refractivity contribution is 6.30. The number of aryl methyl sites for hydroxylation is 1. The molecule has 1 aliphatic carbocycles. The van der Waals surface area contributed by atoms with Gasteiger partial charge in [0.05, 0.1) is 0 Å². The van der Waals surface area contributed by atoms with Crippen LogP contribution in [0, 0.1) is 6.92 Å². The minimum absolute atomic E-state index is 0.129. The van der Waals surface area contributed by atoms with E-state index >= 15 is 0 Å². The van der Waals surface area contributed by atoms with E-state index in [1.807, 2.05) is 28.9 Å². The van der Waals surface area contributed by atoms with Gasteiger partial charge in [-0.3, -0.25) is 4.79 Å². The van der Waals surface area contributed by atoms with Crippen LogP contribution < -0.4 is 5.32 Å². The molecule has 1 aromatic heterocycles. The number of hydrogen-bond acceptors (Lipinski definition) is 4. The summed E-state index contributed by atoms with van der Waals surface area (Å²) in [5.41, 5.74) is 5.10. The number of ketones is 1. The van der Waals surface area contributed by atoms with Gasteiger partial charge in [0.15, 0.2) is 5.78 Å². The Morgan fingerprint density at radius 1 is 1.04 bits per heavy atom. The number of allylic oxidation sites excluding steroid dienone is 2. The first-order valence-corrected chi connectivity index (χ1v) is 9.73.